The molecule has 0 spiro atoms. The second-order valence-electron chi connectivity index (χ2n) is 3.52. The first-order chi connectivity index (χ1) is 8.66. The van der Waals surface area contributed by atoms with Gasteiger partial charge in [-0.3, -0.25) is 0 Å². The maximum Gasteiger partial charge on any atom is 0.356 e. The summed E-state index contributed by atoms with van der Waals surface area (Å²) in [5.74, 6) is -0.691. The van der Waals surface area contributed by atoms with Crippen LogP contribution in [0.15, 0.2) is 29.6 Å². The molecule has 0 amide bonds. The lowest BCUT2D eigenvalue weighted by Gasteiger charge is -2.10. The van der Waals surface area contributed by atoms with Crippen molar-refractivity contribution >= 4 is 23.1 Å². The maximum absolute atomic E-state index is 10.6. The van der Waals surface area contributed by atoms with Crippen molar-refractivity contribution in [1.82, 2.24) is 10.2 Å². The van der Waals surface area contributed by atoms with Gasteiger partial charge in [-0.2, -0.15) is 0 Å². The predicted molar refractivity (Wildman–Crippen MR) is 66.8 cm³/mol. The lowest BCUT2D eigenvalue weighted by molar-refractivity contribution is 0.0689. The number of carbonyl (C=O) groups is 1. The van der Waals surface area contributed by atoms with E-state index in [0.717, 1.165) is 4.88 Å². The Hall–Kier alpha value is -1.99. The SMILES string of the molecule is O=C(O)c1ccc(NCC(O)c2cccs2)nn1. The molecule has 7 heteroatoms. The van der Waals surface area contributed by atoms with E-state index in [1.54, 1.807) is 0 Å². The second-order valence-corrected chi connectivity index (χ2v) is 4.50. The topological polar surface area (TPSA) is 95.3 Å². The molecule has 0 aliphatic heterocycles. The molecule has 0 fully saturated rings. The maximum atomic E-state index is 10.6. The zero-order valence-corrected chi connectivity index (χ0v) is 10.1. The molecule has 1 atom stereocenters. The molecule has 2 rings (SSSR count). The third-order valence-electron chi connectivity index (χ3n) is 2.23. The Balaban J connectivity index is 1.92. The van der Waals surface area contributed by atoms with Crippen molar-refractivity contribution in [3.05, 3.63) is 40.2 Å². The van der Waals surface area contributed by atoms with E-state index >= 15 is 0 Å². The van der Waals surface area contributed by atoms with Crippen molar-refractivity contribution in [2.75, 3.05) is 11.9 Å². The zero-order chi connectivity index (χ0) is 13.0. The van der Waals surface area contributed by atoms with Crippen molar-refractivity contribution in [1.29, 1.82) is 0 Å². The van der Waals surface area contributed by atoms with Gasteiger partial charge in [-0.25, -0.2) is 4.79 Å². The third-order valence-corrected chi connectivity index (χ3v) is 3.21. The van der Waals surface area contributed by atoms with Crippen LogP contribution in [-0.4, -0.2) is 32.9 Å². The Morgan fingerprint density at radius 2 is 2.22 bits per heavy atom. The Labute approximate surface area is 107 Å². The first kappa shape index (κ1) is 12.5. The molecule has 2 heterocycles. The highest BCUT2D eigenvalue weighted by atomic mass is 32.1. The summed E-state index contributed by atoms with van der Waals surface area (Å²) >= 11 is 1.47. The van der Waals surface area contributed by atoms with E-state index in [0.29, 0.717) is 12.4 Å². The van der Waals surface area contributed by atoms with Crippen LogP contribution >= 0.6 is 11.3 Å². The number of thiophene rings is 1. The third kappa shape index (κ3) is 3.02. The van der Waals surface area contributed by atoms with Gasteiger partial charge in [-0.1, -0.05) is 6.07 Å². The molecule has 0 bridgehead atoms. The van der Waals surface area contributed by atoms with Gasteiger partial charge in [-0.05, 0) is 23.6 Å². The molecule has 0 aliphatic carbocycles. The molecule has 3 N–H and O–H groups in total. The van der Waals surface area contributed by atoms with E-state index in [1.807, 2.05) is 17.5 Å². The lowest BCUT2D eigenvalue weighted by atomic mass is 10.3. The number of rotatable bonds is 5. The summed E-state index contributed by atoms with van der Waals surface area (Å²) in [6.07, 6.45) is -0.619. The number of aliphatic hydroxyl groups excluding tert-OH is 1. The number of anilines is 1. The van der Waals surface area contributed by atoms with Crippen molar-refractivity contribution in [3.63, 3.8) is 0 Å². The largest absolute Gasteiger partial charge is 0.476 e. The number of carboxylic acids is 1. The van der Waals surface area contributed by atoms with Gasteiger partial charge in [0.1, 0.15) is 11.9 Å². The van der Waals surface area contributed by atoms with Crippen molar-refractivity contribution in [2.24, 2.45) is 0 Å². The number of nitrogens with one attached hydrogen (secondary N) is 1. The number of aromatic carboxylic acids is 1. The Kier molecular flexibility index (Phi) is 3.85. The summed E-state index contributed by atoms with van der Waals surface area (Å²) in [4.78, 5) is 11.4. The number of carboxylic acid groups (broad SMARTS) is 1. The van der Waals surface area contributed by atoms with Crippen LogP contribution in [0.5, 0.6) is 0 Å². The Bertz CT molecular complexity index is 513. The Morgan fingerprint density at radius 3 is 2.78 bits per heavy atom. The molecule has 0 saturated carbocycles. The average molecular weight is 265 g/mol. The van der Waals surface area contributed by atoms with Gasteiger partial charge in [-0.15, -0.1) is 21.5 Å². The lowest BCUT2D eigenvalue weighted by Crippen LogP contribution is -2.13. The number of hydrogen-bond donors (Lipinski definition) is 3. The van der Waals surface area contributed by atoms with Crippen LogP contribution in [-0.2, 0) is 0 Å². The first-order valence-electron chi connectivity index (χ1n) is 5.19. The summed E-state index contributed by atoms with van der Waals surface area (Å²) < 4.78 is 0. The van der Waals surface area contributed by atoms with Crippen LogP contribution < -0.4 is 5.32 Å². The number of hydrogen-bond acceptors (Lipinski definition) is 6. The van der Waals surface area contributed by atoms with Gasteiger partial charge in [0.15, 0.2) is 5.69 Å². The average Bonchev–Trinajstić information content (AvgIpc) is 2.90. The Morgan fingerprint density at radius 1 is 1.39 bits per heavy atom. The van der Waals surface area contributed by atoms with E-state index in [1.165, 1.54) is 23.5 Å². The van der Waals surface area contributed by atoms with Crippen LogP contribution in [0.3, 0.4) is 0 Å². The molecule has 2 aromatic rings. The smallest absolute Gasteiger partial charge is 0.356 e. The minimum absolute atomic E-state index is 0.112. The predicted octanol–water partition coefficient (Wildman–Crippen LogP) is 1.38. The number of nitrogens with zero attached hydrogens (tertiary/aromatic N) is 2. The zero-order valence-electron chi connectivity index (χ0n) is 9.28. The molecule has 2 aromatic heterocycles. The molecule has 1 unspecified atom stereocenters. The van der Waals surface area contributed by atoms with Gasteiger partial charge in [0.2, 0.25) is 0 Å². The minimum atomic E-state index is -1.12. The van der Waals surface area contributed by atoms with Crippen molar-refractivity contribution in [3.8, 4) is 0 Å². The van der Waals surface area contributed by atoms with E-state index < -0.39 is 12.1 Å². The first-order valence-corrected chi connectivity index (χ1v) is 6.07. The summed E-state index contributed by atoms with van der Waals surface area (Å²) in [6.45, 7) is 0.293. The van der Waals surface area contributed by atoms with Crippen molar-refractivity contribution < 1.29 is 15.0 Å². The van der Waals surface area contributed by atoms with Gasteiger partial charge >= 0.3 is 5.97 Å². The fourth-order valence-corrected chi connectivity index (χ4v) is 2.04. The molecule has 0 aromatic carbocycles. The molecular formula is C11H11N3O3S. The van der Waals surface area contributed by atoms with Crippen molar-refractivity contribution in [2.45, 2.75) is 6.10 Å². The summed E-state index contributed by atoms with van der Waals surface area (Å²) in [5.41, 5.74) is -0.112. The highest BCUT2D eigenvalue weighted by Gasteiger charge is 2.09. The van der Waals surface area contributed by atoms with Gasteiger partial charge < -0.3 is 15.5 Å². The number of aliphatic hydroxyl groups is 1. The van der Waals surface area contributed by atoms with Gasteiger partial charge in [0.25, 0.3) is 0 Å². The standard InChI is InChI=1S/C11H11N3O3S/c15-8(9-2-1-5-18-9)6-12-10-4-3-7(11(16)17)13-14-10/h1-5,8,15H,6H2,(H,12,14)(H,16,17). The van der Waals surface area contributed by atoms with Gasteiger partial charge in [0, 0.05) is 11.4 Å². The van der Waals surface area contributed by atoms with Gasteiger partial charge in [0.05, 0.1) is 0 Å². The van der Waals surface area contributed by atoms with Crippen LogP contribution in [0.1, 0.15) is 21.5 Å². The molecule has 6 nitrogen and oxygen atoms in total. The minimum Gasteiger partial charge on any atom is -0.476 e. The molecule has 18 heavy (non-hydrogen) atoms. The van der Waals surface area contributed by atoms with E-state index in [2.05, 4.69) is 15.5 Å². The van der Waals surface area contributed by atoms with Crippen LogP contribution in [0, 0.1) is 0 Å². The molecule has 0 aliphatic rings. The highest BCUT2D eigenvalue weighted by Crippen LogP contribution is 2.18. The fraction of sp³-hybridized carbons (Fsp3) is 0.182. The van der Waals surface area contributed by atoms with Crippen LogP contribution in [0.4, 0.5) is 5.82 Å². The summed E-state index contributed by atoms with van der Waals surface area (Å²) in [7, 11) is 0. The van der Waals surface area contributed by atoms with Crippen LogP contribution in [0.25, 0.3) is 0 Å². The fourth-order valence-electron chi connectivity index (χ4n) is 1.32. The van der Waals surface area contributed by atoms with E-state index in [9.17, 15) is 9.90 Å². The highest BCUT2D eigenvalue weighted by molar-refractivity contribution is 7.10. The monoisotopic (exact) mass is 265 g/mol. The van der Waals surface area contributed by atoms with E-state index in [-0.39, 0.29) is 5.69 Å². The molecular weight excluding hydrogens is 254 g/mol. The quantitative estimate of drug-likeness (QED) is 0.756. The number of aromatic nitrogens is 2. The molecule has 94 valence electrons. The summed E-state index contributed by atoms with van der Waals surface area (Å²) in [6, 6.07) is 6.58. The van der Waals surface area contributed by atoms with E-state index in [4.69, 9.17) is 5.11 Å². The van der Waals surface area contributed by atoms with Crippen LogP contribution in [0.2, 0.25) is 0 Å². The molecule has 0 radical (unpaired) electrons. The summed E-state index contributed by atoms with van der Waals surface area (Å²) in [5, 5.41) is 30.5. The normalized spacial score (nSPS) is 12.1. The molecule has 0 saturated heterocycles. The second kappa shape index (κ2) is 5.56.